The number of benzene rings is 2. The van der Waals surface area contributed by atoms with Crippen LogP contribution >= 0.6 is 0 Å². The standard InChI is InChI=1S/C31H28F2N4O3/c1-15(2)17-9-10-19-23(12-17)35-29-20(30(34)39)13-22(33)27(28(19)29)18-6-4-8-24(16(18)3)37-26(38)14-25-21(32)7-5-11-36(25)31(37)40/h4-8,11,13-15,17,35H,9-10,12H2,1-3H3,(H2,34,39). The van der Waals surface area contributed by atoms with Crippen LogP contribution in [0.4, 0.5) is 8.78 Å². The zero-order chi connectivity index (χ0) is 28.5. The van der Waals surface area contributed by atoms with Gasteiger partial charge in [-0.1, -0.05) is 26.0 Å². The first-order valence-electron chi connectivity index (χ1n) is 13.3. The van der Waals surface area contributed by atoms with Crippen molar-refractivity contribution >= 4 is 22.3 Å². The number of carbonyl (C=O) groups excluding carboxylic acids is 1. The lowest BCUT2D eigenvalue weighted by molar-refractivity contribution is 0.100. The molecule has 0 saturated carbocycles. The van der Waals surface area contributed by atoms with Crippen LogP contribution in [-0.2, 0) is 12.8 Å². The summed E-state index contributed by atoms with van der Waals surface area (Å²) in [6.45, 7) is 6.07. The van der Waals surface area contributed by atoms with Crippen LogP contribution in [0.2, 0.25) is 0 Å². The van der Waals surface area contributed by atoms with E-state index in [4.69, 9.17) is 5.73 Å². The number of nitrogens with one attached hydrogen (secondary N) is 1. The fraction of sp³-hybridized carbons (Fsp3) is 0.258. The Morgan fingerprint density at radius 1 is 1.10 bits per heavy atom. The number of halogens is 2. The van der Waals surface area contributed by atoms with Crippen molar-refractivity contribution < 1.29 is 13.6 Å². The zero-order valence-electron chi connectivity index (χ0n) is 22.3. The summed E-state index contributed by atoms with van der Waals surface area (Å²) in [5.41, 5.74) is 8.05. The first-order chi connectivity index (χ1) is 19.1. The van der Waals surface area contributed by atoms with Crippen molar-refractivity contribution in [3.05, 3.63) is 104 Å². The Balaban J connectivity index is 1.64. The van der Waals surface area contributed by atoms with Gasteiger partial charge in [-0.3, -0.25) is 14.0 Å². The van der Waals surface area contributed by atoms with E-state index < -0.39 is 28.8 Å². The topological polar surface area (TPSA) is 102 Å². The number of nitrogens with two attached hydrogens (primary N) is 1. The molecule has 9 heteroatoms. The molecule has 0 bridgehead atoms. The molecule has 1 aliphatic rings. The van der Waals surface area contributed by atoms with E-state index in [-0.39, 0.29) is 22.3 Å². The number of pyridine rings is 1. The van der Waals surface area contributed by atoms with Crippen LogP contribution in [0.3, 0.4) is 0 Å². The SMILES string of the molecule is Cc1c(-c2c(F)cc(C(N)=O)c3[nH]c4c(c23)CCC(C(C)C)C4)cccc1-n1c(=O)cc2c(F)cccn2c1=O. The molecule has 3 heterocycles. The Bertz CT molecular complexity index is 1980. The van der Waals surface area contributed by atoms with Crippen LogP contribution in [-0.4, -0.2) is 19.9 Å². The molecule has 0 saturated heterocycles. The van der Waals surface area contributed by atoms with Gasteiger partial charge in [0.15, 0.2) is 0 Å². The van der Waals surface area contributed by atoms with Crippen LogP contribution in [0.1, 0.15) is 47.4 Å². The predicted molar refractivity (Wildman–Crippen MR) is 150 cm³/mol. The molecule has 0 spiro atoms. The van der Waals surface area contributed by atoms with Crippen molar-refractivity contribution in [3.63, 3.8) is 0 Å². The van der Waals surface area contributed by atoms with Crippen molar-refractivity contribution in [3.8, 4) is 16.8 Å². The lowest BCUT2D eigenvalue weighted by Crippen LogP contribution is -2.36. The minimum absolute atomic E-state index is 0.0755. The molecular formula is C31H28F2N4O3. The summed E-state index contributed by atoms with van der Waals surface area (Å²) in [4.78, 5) is 42.2. The maximum atomic E-state index is 16.0. The highest BCUT2D eigenvalue weighted by Gasteiger charge is 2.29. The van der Waals surface area contributed by atoms with Crippen molar-refractivity contribution in [2.75, 3.05) is 0 Å². The van der Waals surface area contributed by atoms with Crippen molar-refractivity contribution in [2.24, 2.45) is 17.6 Å². The summed E-state index contributed by atoms with van der Waals surface area (Å²) < 4.78 is 32.3. The van der Waals surface area contributed by atoms with Gasteiger partial charge in [0.1, 0.15) is 11.6 Å². The van der Waals surface area contributed by atoms with Gasteiger partial charge in [0.05, 0.1) is 22.3 Å². The highest BCUT2D eigenvalue weighted by atomic mass is 19.1. The van der Waals surface area contributed by atoms with Gasteiger partial charge in [-0.15, -0.1) is 0 Å². The Hall–Kier alpha value is -4.53. The molecule has 1 aliphatic carbocycles. The number of nitrogens with zero attached hydrogens (tertiary/aromatic N) is 2. The van der Waals surface area contributed by atoms with Crippen molar-refractivity contribution in [1.29, 1.82) is 0 Å². The van der Waals surface area contributed by atoms with E-state index in [1.807, 2.05) is 0 Å². The van der Waals surface area contributed by atoms with Gasteiger partial charge in [-0.25, -0.2) is 18.1 Å². The summed E-state index contributed by atoms with van der Waals surface area (Å²) in [5.74, 6) is -1.13. The largest absolute Gasteiger partial charge is 0.366 e. The molecule has 0 fully saturated rings. The molecule has 3 N–H and O–H groups in total. The van der Waals surface area contributed by atoms with E-state index in [0.717, 1.165) is 45.2 Å². The van der Waals surface area contributed by atoms with Gasteiger partial charge in [-0.2, -0.15) is 0 Å². The average Bonchev–Trinajstić information content (AvgIpc) is 3.28. The lowest BCUT2D eigenvalue weighted by atomic mass is 9.79. The number of carbonyl (C=O) groups is 1. The average molecular weight is 543 g/mol. The second kappa shape index (κ2) is 9.29. The molecule has 5 aromatic rings. The molecule has 1 atom stereocenters. The number of aromatic amines is 1. The van der Waals surface area contributed by atoms with Crippen molar-refractivity contribution in [1.82, 2.24) is 14.0 Å². The fourth-order valence-electron chi connectivity index (χ4n) is 6.17. The number of H-pyrrole nitrogens is 1. The molecule has 2 aromatic carbocycles. The monoisotopic (exact) mass is 542 g/mol. The Morgan fingerprint density at radius 2 is 1.88 bits per heavy atom. The predicted octanol–water partition coefficient (Wildman–Crippen LogP) is 5.05. The number of aryl methyl sites for hydroxylation is 1. The number of hydrogen-bond acceptors (Lipinski definition) is 3. The third kappa shape index (κ3) is 3.79. The number of primary amides is 1. The van der Waals surface area contributed by atoms with Gasteiger partial charge >= 0.3 is 5.69 Å². The normalized spacial score (nSPS) is 15.2. The molecule has 1 amide bonds. The molecule has 6 rings (SSSR count). The minimum atomic E-state index is -0.740. The maximum absolute atomic E-state index is 16.0. The quantitative estimate of drug-likeness (QED) is 0.332. The first kappa shape index (κ1) is 25.7. The molecule has 0 radical (unpaired) electrons. The number of hydrogen-bond donors (Lipinski definition) is 2. The molecule has 1 unspecified atom stereocenters. The third-order valence-electron chi connectivity index (χ3n) is 8.34. The number of fused-ring (bicyclic) bond motifs is 4. The summed E-state index contributed by atoms with van der Waals surface area (Å²) in [5, 5.41) is 0.593. The molecule has 40 heavy (non-hydrogen) atoms. The zero-order valence-corrected chi connectivity index (χ0v) is 22.3. The van der Waals surface area contributed by atoms with E-state index in [1.165, 1.54) is 18.3 Å². The minimum Gasteiger partial charge on any atom is -0.366 e. The molecular weight excluding hydrogens is 514 g/mol. The van der Waals surface area contributed by atoms with Gasteiger partial charge in [0.25, 0.3) is 11.5 Å². The molecule has 7 nitrogen and oxygen atoms in total. The Labute approximate surface area is 227 Å². The smallest absolute Gasteiger partial charge is 0.340 e. The van der Waals surface area contributed by atoms with Crippen LogP contribution in [0.25, 0.3) is 33.2 Å². The maximum Gasteiger partial charge on any atom is 0.340 e. The number of aromatic nitrogens is 3. The van der Waals surface area contributed by atoms with E-state index >= 15 is 4.39 Å². The highest BCUT2D eigenvalue weighted by molar-refractivity contribution is 6.11. The molecule has 0 aliphatic heterocycles. The second-order valence-corrected chi connectivity index (χ2v) is 10.9. The lowest BCUT2D eigenvalue weighted by Gasteiger charge is -2.25. The van der Waals surface area contributed by atoms with E-state index in [0.29, 0.717) is 40.3 Å². The van der Waals surface area contributed by atoms with E-state index in [9.17, 15) is 18.8 Å². The van der Waals surface area contributed by atoms with Gasteiger partial charge in [0.2, 0.25) is 0 Å². The summed E-state index contributed by atoms with van der Waals surface area (Å²) in [6.07, 6.45) is 3.80. The van der Waals surface area contributed by atoms with Crippen LogP contribution in [0.15, 0.2) is 58.3 Å². The highest BCUT2D eigenvalue weighted by Crippen LogP contribution is 2.42. The van der Waals surface area contributed by atoms with Crippen molar-refractivity contribution in [2.45, 2.75) is 40.0 Å². The van der Waals surface area contributed by atoms with Crippen LogP contribution in [0.5, 0.6) is 0 Å². The number of rotatable bonds is 4. The third-order valence-corrected chi connectivity index (χ3v) is 8.34. The van der Waals surface area contributed by atoms with Gasteiger partial charge in [-0.05, 0) is 79.0 Å². The van der Waals surface area contributed by atoms with Gasteiger partial charge in [0, 0.05) is 28.9 Å². The van der Waals surface area contributed by atoms with Crippen LogP contribution in [0, 0.1) is 30.4 Å². The molecule has 204 valence electrons. The van der Waals surface area contributed by atoms with E-state index in [2.05, 4.69) is 18.8 Å². The van der Waals surface area contributed by atoms with Gasteiger partial charge < -0.3 is 10.7 Å². The van der Waals surface area contributed by atoms with E-state index in [1.54, 1.807) is 25.1 Å². The summed E-state index contributed by atoms with van der Waals surface area (Å²) in [6, 6.07) is 9.74. The fourth-order valence-corrected chi connectivity index (χ4v) is 6.17. The summed E-state index contributed by atoms with van der Waals surface area (Å²) >= 11 is 0. The summed E-state index contributed by atoms with van der Waals surface area (Å²) in [7, 11) is 0. The van der Waals surface area contributed by atoms with Crippen LogP contribution < -0.4 is 17.0 Å². The first-order valence-corrected chi connectivity index (χ1v) is 13.3. The molecule has 3 aromatic heterocycles. The second-order valence-electron chi connectivity index (χ2n) is 10.9. The number of amides is 1. The Morgan fingerprint density at radius 3 is 2.60 bits per heavy atom. The Kier molecular flexibility index (Phi) is 5.98.